The van der Waals surface area contributed by atoms with Gasteiger partial charge in [-0.15, -0.1) is 0 Å². The first-order chi connectivity index (χ1) is 9.86. The molecule has 0 saturated heterocycles. The summed E-state index contributed by atoms with van der Waals surface area (Å²) in [5.74, 6) is -0.0893. The monoisotopic (exact) mass is 311 g/mol. The third kappa shape index (κ3) is 2.10. The van der Waals surface area contributed by atoms with E-state index >= 15 is 0 Å². The highest BCUT2D eigenvalue weighted by Gasteiger charge is 2.50. The van der Waals surface area contributed by atoms with Gasteiger partial charge in [0.05, 0.1) is 22.2 Å². The van der Waals surface area contributed by atoms with E-state index in [1.54, 1.807) is 6.07 Å². The zero-order valence-electron chi connectivity index (χ0n) is 12.4. The summed E-state index contributed by atoms with van der Waals surface area (Å²) in [6.45, 7) is 6.99. The molecule has 1 aromatic heterocycles. The molecule has 1 aliphatic rings. The van der Waals surface area contributed by atoms with Gasteiger partial charge < -0.3 is 15.0 Å². The van der Waals surface area contributed by atoms with Crippen molar-refractivity contribution in [3.63, 3.8) is 0 Å². The van der Waals surface area contributed by atoms with Crippen LogP contribution in [0.1, 0.15) is 33.2 Å². The molecular formula is C15H19ClFN3O. The molecule has 1 fully saturated rings. The van der Waals surface area contributed by atoms with Crippen LogP contribution >= 0.6 is 11.6 Å². The van der Waals surface area contributed by atoms with Crippen LogP contribution in [0.2, 0.25) is 5.02 Å². The topological polar surface area (TPSA) is 53.1 Å². The molecule has 1 saturated carbocycles. The fourth-order valence-electron chi connectivity index (χ4n) is 3.22. The fraction of sp³-hybridized carbons (Fsp3) is 0.533. The Morgan fingerprint density at radius 3 is 2.86 bits per heavy atom. The van der Waals surface area contributed by atoms with Crippen LogP contribution < -0.4 is 5.73 Å². The van der Waals surface area contributed by atoms with Crippen LogP contribution in [0.4, 0.5) is 10.3 Å². The Bertz CT molecular complexity index is 698. The summed E-state index contributed by atoms with van der Waals surface area (Å²) >= 11 is 5.90. The van der Waals surface area contributed by atoms with Crippen molar-refractivity contribution in [1.29, 1.82) is 0 Å². The number of halogens is 2. The van der Waals surface area contributed by atoms with E-state index in [2.05, 4.69) is 18.8 Å². The van der Waals surface area contributed by atoms with Crippen LogP contribution in [0.15, 0.2) is 12.1 Å². The highest BCUT2D eigenvalue weighted by atomic mass is 35.5. The first-order valence-electron chi connectivity index (χ1n) is 7.10. The van der Waals surface area contributed by atoms with Gasteiger partial charge in [0.15, 0.2) is 0 Å². The van der Waals surface area contributed by atoms with Crippen molar-refractivity contribution in [3.05, 3.63) is 23.0 Å². The second-order valence-electron chi connectivity index (χ2n) is 6.11. The number of nitrogens with zero attached hydrogens (tertiary/aromatic N) is 2. The fourth-order valence-corrected chi connectivity index (χ4v) is 3.38. The number of anilines is 1. The predicted octanol–water partition coefficient (Wildman–Crippen LogP) is 3.79. The molecule has 0 amide bonds. The number of nitrogen functional groups attached to an aromatic ring is 1. The van der Waals surface area contributed by atoms with Crippen molar-refractivity contribution in [3.8, 4) is 0 Å². The van der Waals surface area contributed by atoms with Gasteiger partial charge in [0.1, 0.15) is 5.82 Å². The SMILES string of the molecule is CCOC1CC(n2c(N)nc3cc(F)c(Cl)cc32)C1(C)C. The molecule has 4 nitrogen and oxygen atoms in total. The van der Waals surface area contributed by atoms with E-state index in [1.807, 2.05) is 11.5 Å². The van der Waals surface area contributed by atoms with Crippen molar-refractivity contribution in [1.82, 2.24) is 9.55 Å². The minimum absolute atomic E-state index is 0.0569. The molecule has 2 atom stereocenters. The third-order valence-electron chi connectivity index (χ3n) is 4.56. The smallest absolute Gasteiger partial charge is 0.201 e. The average Bonchev–Trinajstić information content (AvgIpc) is 2.70. The molecule has 1 heterocycles. The summed E-state index contributed by atoms with van der Waals surface area (Å²) in [4.78, 5) is 4.26. The van der Waals surface area contributed by atoms with Gasteiger partial charge in [0, 0.05) is 24.1 Å². The normalized spacial score (nSPS) is 24.2. The van der Waals surface area contributed by atoms with Gasteiger partial charge >= 0.3 is 0 Å². The van der Waals surface area contributed by atoms with Gasteiger partial charge in [-0.2, -0.15) is 0 Å². The van der Waals surface area contributed by atoms with Crippen molar-refractivity contribution < 1.29 is 9.13 Å². The summed E-state index contributed by atoms with van der Waals surface area (Å²) in [5, 5.41) is 0.0853. The second kappa shape index (κ2) is 4.85. The Hall–Kier alpha value is -1.33. The lowest BCUT2D eigenvalue weighted by atomic mass is 9.64. The zero-order chi connectivity index (χ0) is 15.4. The first kappa shape index (κ1) is 14.6. The van der Waals surface area contributed by atoms with E-state index in [0.29, 0.717) is 18.1 Å². The van der Waals surface area contributed by atoms with Gasteiger partial charge in [0.2, 0.25) is 5.95 Å². The molecule has 0 radical (unpaired) electrons. The van der Waals surface area contributed by atoms with Gasteiger partial charge in [-0.25, -0.2) is 9.37 Å². The van der Waals surface area contributed by atoms with Gasteiger partial charge in [0.25, 0.3) is 0 Å². The number of ether oxygens (including phenoxy) is 1. The Balaban J connectivity index is 2.06. The zero-order valence-corrected chi connectivity index (χ0v) is 13.1. The van der Waals surface area contributed by atoms with Crippen molar-refractivity contribution in [2.45, 2.75) is 39.3 Å². The highest BCUT2D eigenvalue weighted by molar-refractivity contribution is 6.31. The number of aromatic nitrogens is 2. The quantitative estimate of drug-likeness (QED) is 0.938. The van der Waals surface area contributed by atoms with E-state index in [1.165, 1.54) is 6.07 Å². The maximum atomic E-state index is 13.6. The Morgan fingerprint density at radius 2 is 2.24 bits per heavy atom. The number of fused-ring (bicyclic) bond motifs is 1. The van der Waals surface area contributed by atoms with Crippen molar-refractivity contribution >= 4 is 28.6 Å². The standard InChI is InChI=1S/C15H19ClFN3O/c1-4-21-13-7-12(15(13,2)3)20-11-5-8(16)9(17)6-10(11)19-14(20)18/h5-6,12-13H,4,7H2,1-3H3,(H2,18,19). The molecule has 0 aliphatic heterocycles. The Labute approximate surface area is 128 Å². The summed E-state index contributed by atoms with van der Waals surface area (Å²) < 4.78 is 21.3. The summed E-state index contributed by atoms with van der Waals surface area (Å²) in [6, 6.07) is 3.09. The van der Waals surface area contributed by atoms with Crippen LogP contribution in [0.5, 0.6) is 0 Å². The molecule has 1 aromatic carbocycles. The number of rotatable bonds is 3. The number of hydrogen-bond acceptors (Lipinski definition) is 3. The van der Waals surface area contributed by atoms with Crippen molar-refractivity contribution in [2.24, 2.45) is 5.41 Å². The van der Waals surface area contributed by atoms with E-state index in [-0.39, 0.29) is 22.6 Å². The number of nitrogens with two attached hydrogens (primary N) is 1. The Kier molecular flexibility index (Phi) is 3.37. The van der Waals surface area contributed by atoms with Gasteiger partial charge in [-0.1, -0.05) is 25.4 Å². The molecule has 2 aromatic rings. The average molecular weight is 312 g/mol. The molecule has 0 bridgehead atoms. The minimum atomic E-state index is -0.478. The molecule has 0 spiro atoms. The summed E-state index contributed by atoms with van der Waals surface area (Å²) in [5.41, 5.74) is 7.30. The molecule has 21 heavy (non-hydrogen) atoms. The third-order valence-corrected chi connectivity index (χ3v) is 4.85. The maximum Gasteiger partial charge on any atom is 0.201 e. The summed E-state index contributed by atoms with van der Waals surface area (Å²) in [6.07, 6.45) is 1.06. The van der Waals surface area contributed by atoms with Crippen LogP contribution in [-0.4, -0.2) is 22.3 Å². The van der Waals surface area contributed by atoms with E-state index in [9.17, 15) is 4.39 Å². The minimum Gasteiger partial charge on any atom is -0.378 e. The van der Waals surface area contributed by atoms with Gasteiger partial charge in [-0.3, -0.25) is 0 Å². The molecule has 6 heteroatoms. The molecule has 2 unspecified atom stereocenters. The van der Waals surface area contributed by atoms with Crippen LogP contribution in [0.3, 0.4) is 0 Å². The van der Waals surface area contributed by atoms with Gasteiger partial charge in [-0.05, 0) is 19.4 Å². The lowest BCUT2D eigenvalue weighted by Gasteiger charge is -2.52. The Morgan fingerprint density at radius 1 is 1.52 bits per heavy atom. The van der Waals surface area contributed by atoms with E-state index in [4.69, 9.17) is 22.1 Å². The molecule has 114 valence electrons. The van der Waals surface area contributed by atoms with Crippen LogP contribution in [-0.2, 0) is 4.74 Å². The number of benzene rings is 1. The highest BCUT2D eigenvalue weighted by Crippen LogP contribution is 2.53. The van der Waals surface area contributed by atoms with E-state index in [0.717, 1.165) is 11.9 Å². The second-order valence-corrected chi connectivity index (χ2v) is 6.52. The molecule has 2 N–H and O–H groups in total. The molecular weight excluding hydrogens is 293 g/mol. The molecule has 1 aliphatic carbocycles. The van der Waals surface area contributed by atoms with Crippen molar-refractivity contribution in [2.75, 3.05) is 12.3 Å². The largest absolute Gasteiger partial charge is 0.378 e. The number of hydrogen-bond donors (Lipinski definition) is 1. The predicted molar refractivity (Wildman–Crippen MR) is 82.0 cm³/mol. The lowest BCUT2D eigenvalue weighted by molar-refractivity contribution is -0.126. The summed E-state index contributed by atoms with van der Waals surface area (Å²) in [7, 11) is 0. The van der Waals surface area contributed by atoms with Crippen LogP contribution in [0, 0.1) is 11.2 Å². The maximum absolute atomic E-state index is 13.6. The number of imidazole rings is 1. The van der Waals surface area contributed by atoms with E-state index < -0.39 is 5.82 Å². The molecule has 3 rings (SSSR count). The lowest BCUT2D eigenvalue weighted by Crippen LogP contribution is -2.51. The van der Waals surface area contributed by atoms with Crippen LogP contribution in [0.25, 0.3) is 11.0 Å². The first-order valence-corrected chi connectivity index (χ1v) is 7.48.